The van der Waals surface area contributed by atoms with Gasteiger partial charge in [-0.15, -0.1) is 0 Å². The normalized spacial score (nSPS) is 19.6. The van der Waals surface area contributed by atoms with Crippen LogP contribution in [-0.2, 0) is 0 Å². The van der Waals surface area contributed by atoms with Gasteiger partial charge >= 0.3 is 6.18 Å². The third kappa shape index (κ3) is 2.87. The molecule has 0 amide bonds. The van der Waals surface area contributed by atoms with Crippen LogP contribution < -0.4 is 11.1 Å². The van der Waals surface area contributed by atoms with Crippen LogP contribution >= 0.6 is 0 Å². The Kier molecular flexibility index (Phi) is 3.89. The first-order chi connectivity index (χ1) is 9.39. The molecule has 4 nitrogen and oxygen atoms in total. The first-order valence-electron chi connectivity index (χ1n) is 6.24. The van der Waals surface area contributed by atoms with Crippen molar-refractivity contribution < 1.29 is 18.4 Å². The lowest BCUT2D eigenvalue weighted by Crippen LogP contribution is -2.47. The number of amidine groups is 1. The van der Waals surface area contributed by atoms with Crippen molar-refractivity contribution in [2.75, 3.05) is 6.54 Å². The van der Waals surface area contributed by atoms with Crippen LogP contribution in [0.5, 0.6) is 0 Å². The van der Waals surface area contributed by atoms with Crippen LogP contribution in [0.4, 0.5) is 13.2 Å². The molecule has 110 valence electrons. The largest absolute Gasteiger partial charge is 0.409 e. The van der Waals surface area contributed by atoms with Gasteiger partial charge in [0.25, 0.3) is 0 Å². The summed E-state index contributed by atoms with van der Waals surface area (Å²) in [6.07, 6.45) is -4.15. The fourth-order valence-corrected chi connectivity index (χ4v) is 2.13. The summed E-state index contributed by atoms with van der Waals surface area (Å²) in [5.41, 5.74) is 4.48. The Morgan fingerprint density at radius 2 is 1.95 bits per heavy atom. The average Bonchev–Trinajstić information content (AvgIpc) is 3.20. The van der Waals surface area contributed by atoms with E-state index in [9.17, 15) is 13.2 Å². The number of benzene rings is 1. The Bertz CT molecular complexity index is 483. The van der Waals surface area contributed by atoms with Crippen LogP contribution in [0.25, 0.3) is 0 Å². The van der Waals surface area contributed by atoms with Gasteiger partial charge in [-0.05, 0) is 18.4 Å². The molecular weight excluding hydrogens is 271 g/mol. The maximum Gasteiger partial charge on any atom is 0.406 e. The van der Waals surface area contributed by atoms with E-state index in [1.165, 1.54) is 0 Å². The minimum absolute atomic E-state index is 0.0284. The molecule has 0 aromatic heterocycles. The van der Waals surface area contributed by atoms with Gasteiger partial charge in [-0.2, -0.15) is 13.2 Å². The van der Waals surface area contributed by atoms with Crippen molar-refractivity contribution in [2.24, 2.45) is 10.9 Å². The van der Waals surface area contributed by atoms with Gasteiger partial charge < -0.3 is 16.3 Å². The number of alkyl halides is 3. The molecule has 1 aliphatic rings. The van der Waals surface area contributed by atoms with Crippen molar-refractivity contribution in [3.05, 3.63) is 35.9 Å². The molecule has 1 saturated carbocycles. The lowest BCUT2D eigenvalue weighted by Gasteiger charge is -2.24. The molecule has 1 aromatic carbocycles. The van der Waals surface area contributed by atoms with Gasteiger partial charge in [0.1, 0.15) is 11.4 Å². The molecule has 0 radical (unpaired) electrons. The molecule has 1 atom stereocenters. The fraction of sp³-hybridized carbons (Fsp3) is 0.462. The van der Waals surface area contributed by atoms with E-state index in [1.807, 2.05) is 0 Å². The van der Waals surface area contributed by atoms with Gasteiger partial charge in [0.15, 0.2) is 0 Å². The van der Waals surface area contributed by atoms with E-state index in [-0.39, 0.29) is 25.2 Å². The molecular formula is C13H16F3N3O. The molecule has 1 unspecified atom stereocenters. The van der Waals surface area contributed by atoms with Gasteiger partial charge in [0, 0.05) is 6.54 Å². The maximum absolute atomic E-state index is 12.9. The molecule has 1 aromatic rings. The van der Waals surface area contributed by atoms with Crippen molar-refractivity contribution in [1.82, 2.24) is 5.32 Å². The average molecular weight is 287 g/mol. The van der Waals surface area contributed by atoms with Crippen molar-refractivity contribution in [3.63, 3.8) is 0 Å². The first-order valence-corrected chi connectivity index (χ1v) is 6.24. The summed E-state index contributed by atoms with van der Waals surface area (Å²) in [6.45, 7) is -0.0284. The summed E-state index contributed by atoms with van der Waals surface area (Å²) in [5, 5.41) is 14.2. The number of nitrogens with two attached hydrogens (primary N) is 1. The molecule has 7 heteroatoms. The summed E-state index contributed by atoms with van der Waals surface area (Å²) in [7, 11) is 0. The summed E-state index contributed by atoms with van der Waals surface area (Å²) >= 11 is 0. The van der Waals surface area contributed by atoms with Crippen LogP contribution in [0.3, 0.4) is 0 Å². The number of halogens is 3. The van der Waals surface area contributed by atoms with E-state index < -0.39 is 17.6 Å². The second kappa shape index (κ2) is 5.32. The topological polar surface area (TPSA) is 70.6 Å². The van der Waals surface area contributed by atoms with E-state index >= 15 is 0 Å². The molecule has 2 rings (SSSR count). The van der Waals surface area contributed by atoms with E-state index in [2.05, 4.69) is 10.5 Å². The minimum atomic E-state index is -4.28. The molecule has 0 aliphatic heterocycles. The highest BCUT2D eigenvalue weighted by molar-refractivity contribution is 5.87. The lowest BCUT2D eigenvalue weighted by atomic mass is 9.97. The number of hydrogen-bond acceptors (Lipinski definition) is 3. The number of rotatable bonds is 5. The number of nitrogens with zero attached hydrogens (tertiary/aromatic N) is 1. The standard InChI is InChI=1S/C13H16F3N3O/c14-13(15,16)12(6-7-12)18-8-10(11(17)19-20)9-4-2-1-3-5-9/h1-5,10,18,20H,6-8H2,(H2,17,19). The predicted molar refractivity (Wildman–Crippen MR) is 68.6 cm³/mol. The van der Waals surface area contributed by atoms with Crippen molar-refractivity contribution in [1.29, 1.82) is 0 Å². The second-order valence-corrected chi connectivity index (χ2v) is 4.95. The number of oxime groups is 1. The zero-order chi connectivity index (χ0) is 14.8. The van der Waals surface area contributed by atoms with Crippen molar-refractivity contribution >= 4 is 5.84 Å². The highest BCUT2D eigenvalue weighted by Gasteiger charge is 2.63. The smallest absolute Gasteiger partial charge is 0.406 e. The molecule has 0 heterocycles. The third-order valence-corrected chi connectivity index (χ3v) is 3.61. The molecule has 0 saturated heterocycles. The van der Waals surface area contributed by atoms with Gasteiger partial charge in [0.2, 0.25) is 0 Å². The number of hydrogen-bond donors (Lipinski definition) is 3. The van der Waals surface area contributed by atoms with Crippen LogP contribution in [0.15, 0.2) is 35.5 Å². The summed E-state index contributed by atoms with van der Waals surface area (Å²) in [5.74, 6) is -0.706. The lowest BCUT2D eigenvalue weighted by molar-refractivity contribution is -0.165. The highest BCUT2D eigenvalue weighted by Crippen LogP contribution is 2.49. The van der Waals surface area contributed by atoms with Gasteiger partial charge in [-0.3, -0.25) is 0 Å². The molecule has 0 spiro atoms. The Morgan fingerprint density at radius 1 is 1.35 bits per heavy atom. The zero-order valence-electron chi connectivity index (χ0n) is 10.7. The van der Waals surface area contributed by atoms with Crippen molar-refractivity contribution in [2.45, 2.75) is 30.5 Å². The fourth-order valence-electron chi connectivity index (χ4n) is 2.13. The highest BCUT2D eigenvalue weighted by atomic mass is 19.4. The maximum atomic E-state index is 12.9. The Labute approximate surface area is 114 Å². The number of nitrogens with one attached hydrogen (secondary N) is 1. The first kappa shape index (κ1) is 14.6. The zero-order valence-corrected chi connectivity index (χ0v) is 10.7. The van der Waals surface area contributed by atoms with Crippen LogP contribution in [0.1, 0.15) is 24.3 Å². The van der Waals surface area contributed by atoms with Crippen LogP contribution in [-0.4, -0.2) is 29.3 Å². The third-order valence-electron chi connectivity index (χ3n) is 3.61. The van der Waals surface area contributed by atoms with Crippen LogP contribution in [0.2, 0.25) is 0 Å². The minimum Gasteiger partial charge on any atom is -0.409 e. The SMILES string of the molecule is N/C(=N/O)C(CNC1(C(F)(F)F)CC1)c1ccccc1. The Hall–Kier alpha value is -1.76. The second-order valence-electron chi connectivity index (χ2n) is 4.95. The molecule has 1 aliphatic carbocycles. The predicted octanol–water partition coefficient (Wildman–Crippen LogP) is 2.20. The van der Waals surface area contributed by atoms with Gasteiger partial charge in [-0.1, -0.05) is 35.5 Å². The molecule has 20 heavy (non-hydrogen) atoms. The van der Waals surface area contributed by atoms with Gasteiger partial charge in [-0.25, -0.2) is 0 Å². The summed E-state index contributed by atoms with van der Waals surface area (Å²) < 4.78 is 38.6. The summed E-state index contributed by atoms with van der Waals surface area (Å²) in [6, 6.07) is 8.76. The summed E-state index contributed by atoms with van der Waals surface area (Å²) in [4.78, 5) is 0. The van der Waals surface area contributed by atoms with E-state index in [4.69, 9.17) is 10.9 Å². The molecule has 4 N–H and O–H groups in total. The quantitative estimate of drug-likeness (QED) is 0.336. The van der Waals surface area contributed by atoms with E-state index in [0.717, 1.165) is 0 Å². The Morgan fingerprint density at radius 3 is 2.40 bits per heavy atom. The van der Waals surface area contributed by atoms with Crippen LogP contribution in [0, 0.1) is 0 Å². The van der Waals surface area contributed by atoms with E-state index in [0.29, 0.717) is 5.56 Å². The Balaban J connectivity index is 2.11. The molecule has 0 bridgehead atoms. The molecule has 1 fully saturated rings. The van der Waals surface area contributed by atoms with Gasteiger partial charge in [0.05, 0.1) is 5.92 Å². The monoisotopic (exact) mass is 287 g/mol. The van der Waals surface area contributed by atoms with E-state index in [1.54, 1.807) is 30.3 Å². The van der Waals surface area contributed by atoms with Crippen molar-refractivity contribution in [3.8, 4) is 0 Å².